The van der Waals surface area contributed by atoms with E-state index in [1.165, 1.54) is 12.3 Å². The van der Waals surface area contributed by atoms with Crippen molar-refractivity contribution in [1.29, 1.82) is 0 Å². The van der Waals surface area contributed by atoms with Gasteiger partial charge in [-0.15, -0.1) is 0 Å². The lowest BCUT2D eigenvalue weighted by Crippen LogP contribution is -2.50. The van der Waals surface area contributed by atoms with E-state index in [1.807, 2.05) is 0 Å². The monoisotopic (exact) mass is 330 g/mol. The van der Waals surface area contributed by atoms with E-state index in [9.17, 15) is 14.0 Å². The highest BCUT2D eigenvalue weighted by Crippen LogP contribution is 2.13. The number of carbonyl (C=O) groups excluding carboxylic acids is 2. The molecule has 2 amide bonds. The first-order chi connectivity index (χ1) is 11.6. The van der Waals surface area contributed by atoms with Crippen LogP contribution in [0.2, 0.25) is 0 Å². The Morgan fingerprint density at radius 3 is 2.38 bits per heavy atom. The molecule has 0 bridgehead atoms. The molecule has 0 unspecified atom stereocenters. The van der Waals surface area contributed by atoms with Gasteiger partial charge in [0.25, 0.3) is 5.91 Å². The Balaban J connectivity index is 1.48. The first kappa shape index (κ1) is 16.2. The van der Waals surface area contributed by atoms with E-state index < -0.39 is 0 Å². The van der Waals surface area contributed by atoms with Crippen molar-refractivity contribution in [3.63, 3.8) is 0 Å². The molecular weight excluding hydrogens is 311 g/mol. The van der Waals surface area contributed by atoms with Crippen molar-refractivity contribution in [2.75, 3.05) is 26.2 Å². The average Bonchev–Trinajstić information content (AvgIpc) is 3.15. The maximum atomic E-state index is 13.6. The van der Waals surface area contributed by atoms with Gasteiger partial charge in [-0.3, -0.25) is 9.59 Å². The van der Waals surface area contributed by atoms with Gasteiger partial charge < -0.3 is 14.2 Å². The molecule has 126 valence electrons. The molecule has 0 N–H and O–H groups in total. The number of amides is 2. The number of benzene rings is 1. The topological polar surface area (TPSA) is 53.8 Å². The van der Waals surface area contributed by atoms with Crippen LogP contribution in [-0.4, -0.2) is 47.8 Å². The molecule has 5 nitrogen and oxygen atoms in total. The molecule has 1 aromatic heterocycles. The Bertz CT molecular complexity index is 707. The lowest BCUT2D eigenvalue weighted by molar-refractivity contribution is -0.132. The van der Waals surface area contributed by atoms with E-state index in [4.69, 9.17) is 4.42 Å². The van der Waals surface area contributed by atoms with Gasteiger partial charge in [-0.1, -0.05) is 18.2 Å². The SMILES string of the molecule is O=C(CCc1ccccc1F)N1CCN(C(=O)c2ccco2)CC1. The number of nitrogens with zero attached hydrogens (tertiary/aromatic N) is 2. The summed E-state index contributed by atoms with van der Waals surface area (Å²) in [5.41, 5.74) is 0.553. The van der Waals surface area contributed by atoms with Crippen LogP contribution in [0.4, 0.5) is 4.39 Å². The molecule has 3 rings (SSSR count). The van der Waals surface area contributed by atoms with Crippen LogP contribution in [-0.2, 0) is 11.2 Å². The zero-order valence-corrected chi connectivity index (χ0v) is 13.3. The van der Waals surface area contributed by atoms with Crippen LogP contribution in [0.1, 0.15) is 22.5 Å². The molecule has 1 saturated heterocycles. The van der Waals surface area contributed by atoms with Gasteiger partial charge in [0, 0.05) is 32.6 Å². The molecule has 0 aliphatic carbocycles. The zero-order chi connectivity index (χ0) is 16.9. The van der Waals surface area contributed by atoms with E-state index in [1.54, 1.807) is 40.1 Å². The van der Waals surface area contributed by atoms with Gasteiger partial charge in [0.15, 0.2) is 5.76 Å². The quantitative estimate of drug-likeness (QED) is 0.865. The predicted molar refractivity (Wildman–Crippen MR) is 85.9 cm³/mol. The van der Waals surface area contributed by atoms with Crippen molar-refractivity contribution in [3.05, 3.63) is 59.8 Å². The van der Waals surface area contributed by atoms with Crippen LogP contribution in [0, 0.1) is 5.82 Å². The van der Waals surface area contributed by atoms with Crippen molar-refractivity contribution in [2.45, 2.75) is 12.8 Å². The van der Waals surface area contributed by atoms with Gasteiger partial charge in [-0.2, -0.15) is 0 Å². The number of carbonyl (C=O) groups is 2. The summed E-state index contributed by atoms with van der Waals surface area (Å²) >= 11 is 0. The molecule has 0 saturated carbocycles. The van der Waals surface area contributed by atoms with Crippen LogP contribution in [0.25, 0.3) is 0 Å². The maximum absolute atomic E-state index is 13.6. The fraction of sp³-hybridized carbons (Fsp3) is 0.333. The third-order valence-corrected chi connectivity index (χ3v) is 4.22. The Hall–Kier alpha value is -2.63. The number of halogens is 1. The molecule has 2 heterocycles. The second-order valence-corrected chi connectivity index (χ2v) is 5.74. The number of aryl methyl sites for hydroxylation is 1. The molecule has 0 radical (unpaired) electrons. The van der Waals surface area contributed by atoms with Crippen LogP contribution < -0.4 is 0 Å². The number of rotatable bonds is 4. The molecule has 2 aromatic rings. The van der Waals surface area contributed by atoms with E-state index in [-0.39, 0.29) is 24.1 Å². The molecular formula is C18H19FN2O3. The van der Waals surface area contributed by atoms with Gasteiger partial charge in [0.1, 0.15) is 5.82 Å². The molecule has 1 aromatic carbocycles. The summed E-state index contributed by atoms with van der Waals surface area (Å²) in [5.74, 6) is -0.129. The Morgan fingerprint density at radius 2 is 1.71 bits per heavy atom. The zero-order valence-electron chi connectivity index (χ0n) is 13.3. The highest BCUT2D eigenvalue weighted by atomic mass is 19.1. The van der Waals surface area contributed by atoms with Crippen LogP contribution in [0.15, 0.2) is 47.1 Å². The first-order valence-corrected chi connectivity index (χ1v) is 7.99. The van der Waals surface area contributed by atoms with E-state index in [2.05, 4.69) is 0 Å². The number of hydrogen-bond acceptors (Lipinski definition) is 3. The van der Waals surface area contributed by atoms with Gasteiger partial charge >= 0.3 is 0 Å². The minimum absolute atomic E-state index is 0.0108. The molecule has 1 aliphatic rings. The summed E-state index contributed by atoms with van der Waals surface area (Å²) in [6.45, 7) is 1.93. The normalized spacial score (nSPS) is 14.7. The second-order valence-electron chi connectivity index (χ2n) is 5.74. The molecule has 1 fully saturated rings. The fourth-order valence-corrected chi connectivity index (χ4v) is 2.82. The smallest absolute Gasteiger partial charge is 0.289 e. The summed E-state index contributed by atoms with van der Waals surface area (Å²) < 4.78 is 18.7. The maximum Gasteiger partial charge on any atom is 0.289 e. The number of hydrogen-bond donors (Lipinski definition) is 0. The lowest BCUT2D eigenvalue weighted by atomic mass is 10.1. The highest BCUT2D eigenvalue weighted by molar-refractivity contribution is 5.91. The highest BCUT2D eigenvalue weighted by Gasteiger charge is 2.25. The Labute approximate surface area is 139 Å². The van der Waals surface area contributed by atoms with E-state index in [0.717, 1.165) is 0 Å². The van der Waals surface area contributed by atoms with Crippen molar-refractivity contribution < 1.29 is 18.4 Å². The predicted octanol–water partition coefficient (Wildman–Crippen LogP) is 2.34. The standard InChI is InChI=1S/C18H19FN2O3/c19-15-5-2-1-4-14(15)7-8-17(22)20-9-11-21(12-10-20)18(23)16-6-3-13-24-16/h1-6,13H,7-12H2. The largest absolute Gasteiger partial charge is 0.459 e. The van der Waals surface area contributed by atoms with Gasteiger partial charge in [0.2, 0.25) is 5.91 Å². The molecule has 24 heavy (non-hydrogen) atoms. The fourth-order valence-electron chi connectivity index (χ4n) is 2.82. The first-order valence-electron chi connectivity index (χ1n) is 7.99. The van der Waals surface area contributed by atoms with Gasteiger partial charge in [-0.05, 0) is 30.2 Å². The summed E-state index contributed by atoms with van der Waals surface area (Å²) in [4.78, 5) is 27.9. The number of furan rings is 1. The van der Waals surface area contributed by atoms with Gasteiger partial charge in [0.05, 0.1) is 6.26 Å². The molecule has 0 atom stereocenters. The van der Waals surface area contributed by atoms with Crippen molar-refractivity contribution in [3.8, 4) is 0 Å². The second kappa shape index (κ2) is 7.29. The Kier molecular flexibility index (Phi) is 4.93. The minimum Gasteiger partial charge on any atom is -0.459 e. The van der Waals surface area contributed by atoms with Crippen molar-refractivity contribution in [2.24, 2.45) is 0 Å². The van der Waals surface area contributed by atoms with Gasteiger partial charge in [-0.25, -0.2) is 4.39 Å². The molecule has 0 spiro atoms. The van der Waals surface area contributed by atoms with Crippen LogP contribution in [0.3, 0.4) is 0 Å². The summed E-state index contributed by atoms with van der Waals surface area (Å²) in [5, 5.41) is 0. The Morgan fingerprint density at radius 1 is 1.00 bits per heavy atom. The van der Waals surface area contributed by atoms with E-state index in [0.29, 0.717) is 43.9 Å². The average molecular weight is 330 g/mol. The molecule has 1 aliphatic heterocycles. The molecule has 6 heteroatoms. The minimum atomic E-state index is -0.279. The number of piperazine rings is 1. The van der Waals surface area contributed by atoms with Crippen LogP contribution >= 0.6 is 0 Å². The van der Waals surface area contributed by atoms with Crippen LogP contribution in [0.5, 0.6) is 0 Å². The summed E-state index contributed by atoms with van der Waals surface area (Å²) in [7, 11) is 0. The summed E-state index contributed by atoms with van der Waals surface area (Å²) in [6, 6.07) is 9.81. The third kappa shape index (κ3) is 3.64. The van der Waals surface area contributed by atoms with E-state index >= 15 is 0 Å². The lowest BCUT2D eigenvalue weighted by Gasteiger charge is -2.34. The van der Waals surface area contributed by atoms with Crippen molar-refractivity contribution >= 4 is 11.8 Å². The summed E-state index contributed by atoms with van der Waals surface area (Å²) in [6.07, 6.45) is 2.12. The third-order valence-electron chi connectivity index (χ3n) is 4.22. The van der Waals surface area contributed by atoms with Crippen molar-refractivity contribution in [1.82, 2.24) is 9.80 Å².